The number of nitrogens with zero attached hydrogens (tertiary/aromatic N) is 2. The fraction of sp³-hybridized carbons (Fsp3) is 0. The molecular formula is C8H9Cl2N3. The first kappa shape index (κ1) is 11.9. The van der Waals surface area contributed by atoms with Crippen LogP contribution in [0.3, 0.4) is 0 Å². The molecule has 0 saturated carbocycles. The van der Waals surface area contributed by atoms with E-state index in [9.17, 15) is 0 Å². The Hall–Kier alpha value is -1.06. The minimum absolute atomic E-state index is 0. The standard InChI is InChI=1S/C8H7N3.2ClH/c9-8-5-11-4-6-3-10-2-1-7(6)8;;/h1-5H,9H2;2*1H. The molecular weight excluding hydrogens is 209 g/mol. The molecule has 13 heavy (non-hydrogen) atoms. The number of hydrogen-bond donors (Lipinski definition) is 1. The van der Waals surface area contributed by atoms with Crippen molar-refractivity contribution in [1.29, 1.82) is 0 Å². The van der Waals surface area contributed by atoms with Crippen molar-refractivity contribution in [3.05, 3.63) is 30.9 Å². The second-order valence-corrected chi connectivity index (χ2v) is 2.33. The van der Waals surface area contributed by atoms with E-state index in [0.717, 1.165) is 10.8 Å². The molecule has 0 atom stereocenters. The molecule has 0 aliphatic rings. The number of nitrogen functional groups attached to an aromatic ring is 1. The molecule has 0 aliphatic heterocycles. The van der Waals surface area contributed by atoms with Gasteiger partial charge in [0.1, 0.15) is 0 Å². The lowest BCUT2D eigenvalue weighted by Crippen LogP contribution is -1.88. The Morgan fingerprint density at radius 1 is 1.00 bits per heavy atom. The van der Waals surface area contributed by atoms with Crippen molar-refractivity contribution in [3.63, 3.8) is 0 Å². The molecule has 2 aromatic rings. The van der Waals surface area contributed by atoms with Crippen LogP contribution in [0.5, 0.6) is 0 Å². The Kier molecular flexibility index (Phi) is 4.45. The Bertz CT molecular complexity index is 387. The molecule has 0 aromatic carbocycles. The average molecular weight is 218 g/mol. The van der Waals surface area contributed by atoms with Crippen molar-refractivity contribution >= 4 is 41.3 Å². The van der Waals surface area contributed by atoms with Gasteiger partial charge in [0.2, 0.25) is 0 Å². The van der Waals surface area contributed by atoms with Crippen LogP contribution in [0.1, 0.15) is 0 Å². The van der Waals surface area contributed by atoms with Crippen LogP contribution < -0.4 is 5.73 Å². The summed E-state index contributed by atoms with van der Waals surface area (Å²) in [6.45, 7) is 0. The summed E-state index contributed by atoms with van der Waals surface area (Å²) in [6, 6.07) is 1.88. The van der Waals surface area contributed by atoms with E-state index in [1.54, 1.807) is 24.8 Å². The van der Waals surface area contributed by atoms with Gasteiger partial charge in [-0.3, -0.25) is 9.97 Å². The molecule has 2 N–H and O–H groups in total. The zero-order valence-electron chi connectivity index (χ0n) is 6.68. The molecule has 5 heteroatoms. The van der Waals surface area contributed by atoms with E-state index in [0.29, 0.717) is 5.69 Å². The molecule has 70 valence electrons. The normalized spacial score (nSPS) is 8.62. The minimum Gasteiger partial charge on any atom is -0.397 e. The Labute approximate surface area is 88.2 Å². The lowest BCUT2D eigenvalue weighted by Gasteiger charge is -1.97. The third-order valence-electron chi connectivity index (χ3n) is 1.59. The molecule has 0 spiro atoms. The number of rotatable bonds is 0. The lowest BCUT2D eigenvalue weighted by molar-refractivity contribution is 1.32. The summed E-state index contributed by atoms with van der Waals surface area (Å²) in [5.41, 5.74) is 6.36. The Morgan fingerprint density at radius 2 is 1.69 bits per heavy atom. The van der Waals surface area contributed by atoms with E-state index in [4.69, 9.17) is 5.73 Å². The third-order valence-corrected chi connectivity index (χ3v) is 1.59. The van der Waals surface area contributed by atoms with Crippen LogP contribution in [-0.4, -0.2) is 9.97 Å². The molecule has 2 aromatic heterocycles. The van der Waals surface area contributed by atoms with Crippen molar-refractivity contribution in [3.8, 4) is 0 Å². The van der Waals surface area contributed by atoms with Gasteiger partial charge in [-0.25, -0.2) is 0 Å². The van der Waals surface area contributed by atoms with Gasteiger partial charge in [0.25, 0.3) is 0 Å². The van der Waals surface area contributed by atoms with Crippen molar-refractivity contribution in [1.82, 2.24) is 9.97 Å². The van der Waals surface area contributed by atoms with E-state index in [-0.39, 0.29) is 24.8 Å². The van der Waals surface area contributed by atoms with Crippen LogP contribution in [0, 0.1) is 0 Å². The van der Waals surface area contributed by atoms with Crippen LogP contribution in [0.25, 0.3) is 10.8 Å². The molecule has 0 saturated heterocycles. The summed E-state index contributed by atoms with van der Waals surface area (Å²) < 4.78 is 0. The van der Waals surface area contributed by atoms with Crippen molar-refractivity contribution < 1.29 is 0 Å². The van der Waals surface area contributed by atoms with Gasteiger partial charge in [-0.05, 0) is 6.07 Å². The monoisotopic (exact) mass is 217 g/mol. The Morgan fingerprint density at radius 3 is 2.38 bits per heavy atom. The van der Waals surface area contributed by atoms with Crippen LogP contribution in [-0.2, 0) is 0 Å². The summed E-state index contributed by atoms with van der Waals surface area (Å²) in [5.74, 6) is 0. The maximum absolute atomic E-state index is 5.67. The van der Waals surface area contributed by atoms with E-state index < -0.39 is 0 Å². The van der Waals surface area contributed by atoms with Crippen LogP contribution >= 0.6 is 24.8 Å². The van der Waals surface area contributed by atoms with Gasteiger partial charge in [0.15, 0.2) is 0 Å². The molecule has 2 heterocycles. The van der Waals surface area contributed by atoms with E-state index in [1.165, 1.54) is 0 Å². The molecule has 0 unspecified atom stereocenters. The first-order chi connectivity index (χ1) is 5.38. The summed E-state index contributed by atoms with van der Waals surface area (Å²) in [4.78, 5) is 7.91. The number of fused-ring (bicyclic) bond motifs is 1. The predicted octanol–water partition coefficient (Wildman–Crippen LogP) is 2.06. The topological polar surface area (TPSA) is 51.8 Å². The number of hydrogen-bond acceptors (Lipinski definition) is 3. The molecule has 0 bridgehead atoms. The molecule has 0 amide bonds. The van der Waals surface area contributed by atoms with E-state index >= 15 is 0 Å². The highest BCUT2D eigenvalue weighted by Gasteiger charge is 1.94. The molecule has 2 rings (SSSR count). The lowest BCUT2D eigenvalue weighted by atomic mass is 10.2. The van der Waals surface area contributed by atoms with Gasteiger partial charge in [0.05, 0.1) is 11.9 Å². The van der Waals surface area contributed by atoms with Gasteiger partial charge in [-0.1, -0.05) is 0 Å². The second kappa shape index (κ2) is 4.84. The summed E-state index contributed by atoms with van der Waals surface area (Å²) in [6.07, 6.45) is 6.86. The van der Waals surface area contributed by atoms with Gasteiger partial charge < -0.3 is 5.73 Å². The van der Waals surface area contributed by atoms with Gasteiger partial charge in [0, 0.05) is 29.4 Å². The highest BCUT2D eigenvalue weighted by atomic mass is 35.5. The average Bonchev–Trinajstić information content (AvgIpc) is 2.06. The number of nitrogens with two attached hydrogens (primary N) is 1. The molecule has 3 nitrogen and oxygen atoms in total. The highest BCUT2D eigenvalue weighted by Crippen LogP contribution is 2.16. The molecule has 0 fully saturated rings. The second-order valence-electron chi connectivity index (χ2n) is 2.33. The van der Waals surface area contributed by atoms with Crippen molar-refractivity contribution in [2.75, 3.05) is 5.73 Å². The van der Waals surface area contributed by atoms with Gasteiger partial charge in [-0.15, -0.1) is 24.8 Å². The summed E-state index contributed by atoms with van der Waals surface area (Å²) >= 11 is 0. The quantitative estimate of drug-likeness (QED) is 0.736. The maximum atomic E-state index is 5.67. The van der Waals surface area contributed by atoms with Crippen LogP contribution in [0.15, 0.2) is 30.9 Å². The fourth-order valence-corrected chi connectivity index (χ4v) is 1.04. The summed E-state index contributed by atoms with van der Waals surface area (Å²) in [7, 11) is 0. The fourth-order valence-electron chi connectivity index (χ4n) is 1.04. The number of anilines is 1. The van der Waals surface area contributed by atoms with Crippen LogP contribution in [0.2, 0.25) is 0 Å². The van der Waals surface area contributed by atoms with E-state index in [1.807, 2.05) is 6.07 Å². The minimum atomic E-state index is 0. The zero-order valence-corrected chi connectivity index (χ0v) is 8.31. The van der Waals surface area contributed by atoms with Gasteiger partial charge in [-0.2, -0.15) is 0 Å². The Balaban J connectivity index is 0.000000720. The largest absolute Gasteiger partial charge is 0.397 e. The first-order valence-corrected chi connectivity index (χ1v) is 3.31. The van der Waals surface area contributed by atoms with Crippen molar-refractivity contribution in [2.24, 2.45) is 0 Å². The molecule has 0 radical (unpaired) electrons. The maximum Gasteiger partial charge on any atom is 0.0581 e. The van der Waals surface area contributed by atoms with E-state index in [2.05, 4.69) is 9.97 Å². The first-order valence-electron chi connectivity index (χ1n) is 3.31. The number of pyridine rings is 2. The molecule has 0 aliphatic carbocycles. The zero-order chi connectivity index (χ0) is 7.68. The predicted molar refractivity (Wildman–Crippen MR) is 58.4 cm³/mol. The van der Waals surface area contributed by atoms with Crippen LogP contribution in [0.4, 0.5) is 5.69 Å². The smallest absolute Gasteiger partial charge is 0.0581 e. The summed E-state index contributed by atoms with van der Waals surface area (Å²) in [5, 5.41) is 1.99. The van der Waals surface area contributed by atoms with Crippen molar-refractivity contribution in [2.45, 2.75) is 0 Å². The SMILES string of the molecule is Cl.Cl.Nc1cncc2cnccc12. The third kappa shape index (κ3) is 2.20. The van der Waals surface area contributed by atoms with Gasteiger partial charge >= 0.3 is 0 Å². The highest BCUT2D eigenvalue weighted by molar-refractivity contribution is 5.90. The number of aromatic nitrogens is 2. The number of halogens is 2.